The van der Waals surface area contributed by atoms with E-state index in [1.54, 1.807) is 0 Å². The van der Waals surface area contributed by atoms with Crippen molar-refractivity contribution in [3.05, 3.63) is 0 Å². The van der Waals surface area contributed by atoms with Crippen LogP contribution in [0.1, 0.15) is 20.8 Å². The Labute approximate surface area is 64.1 Å². The molecular weight excluding hydrogens is 140 g/mol. The van der Waals surface area contributed by atoms with Crippen molar-refractivity contribution in [2.24, 2.45) is 0 Å². The number of hydrogen-bond acceptors (Lipinski definition) is 0. The van der Waals surface area contributed by atoms with Gasteiger partial charge in [-0.2, -0.15) is 0 Å². The van der Waals surface area contributed by atoms with Crippen molar-refractivity contribution in [1.82, 2.24) is 0 Å². The monoisotopic (exact) mass is 160 g/mol. The molecule has 0 radical (unpaired) electrons. The fourth-order valence-corrected chi connectivity index (χ4v) is 5.00. The van der Waals surface area contributed by atoms with Crippen LogP contribution in [0.25, 0.3) is 0 Å². The third-order valence-electron chi connectivity index (χ3n) is 2.37. The topological polar surface area (TPSA) is 0 Å². The lowest BCUT2D eigenvalue weighted by molar-refractivity contribution is 0.641. The highest BCUT2D eigenvalue weighted by molar-refractivity contribution is 6.58. The van der Waals surface area contributed by atoms with Crippen molar-refractivity contribution < 1.29 is 0 Å². The fourth-order valence-electron chi connectivity index (χ4n) is 1.00. The lowest BCUT2D eigenvalue weighted by atomic mass is 10.1. The Morgan fingerprint density at radius 1 is 1.33 bits per heavy atom. The summed E-state index contributed by atoms with van der Waals surface area (Å²) in [4.78, 5) is 0. The maximum absolute atomic E-state index is 2.45. The van der Waals surface area contributed by atoms with E-state index in [0.29, 0.717) is 5.04 Å². The normalized spacial score (nSPS) is 16.7. The lowest BCUT2D eigenvalue weighted by Gasteiger charge is -2.29. The molecule has 0 aliphatic carbocycles. The first kappa shape index (κ1) is 9.43. The Hall–Kier alpha value is 0.434. The fraction of sp³-hybridized carbons (Fsp3) is 1.00. The molecule has 1 unspecified atom stereocenters. The van der Waals surface area contributed by atoms with Crippen LogP contribution in [0, 0.1) is 0 Å². The molecule has 0 N–H and O–H groups in total. The molecule has 56 valence electrons. The van der Waals surface area contributed by atoms with Crippen LogP contribution in [0.5, 0.6) is 0 Å². The minimum absolute atomic E-state index is 0.355. The van der Waals surface area contributed by atoms with Crippen molar-refractivity contribution in [3.8, 4) is 0 Å². The Kier molecular flexibility index (Phi) is 3.16. The van der Waals surface area contributed by atoms with Gasteiger partial charge in [-0.15, -0.1) is 0 Å². The summed E-state index contributed by atoms with van der Waals surface area (Å²) in [5.74, 6) is 0. The lowest BCUT2D eigenvalue weighted by Crippen LogP contribution is -2.20. The zero-order valence-electron chi connectivity index (χ0n) is 7.65. The van der Waals surface area contributed by atoms with Crippen LogP contribution >= 0.6 is 0 Å². The smallest absolute Gasteiger partial charge is 0.0336 e. The quantitative estimate of drug-likeness (QED) is 0.536. The Bertz CT molecular complexity index is 81.4. The van der Waals surface area contributed by atoms with Crippen LogP contribution in [-0.2, 0) is 0 Å². The van der Waals surface area contributed by atoms with E-state index in [1.807, 2.05) is 0 Å². The minimum Gasteiger partial charge on any atom is -0.0720 e. The second kappa shape index (κ2) is 3.01. The molecule has 9 heavy (non-hydrogen) atoms. The van der Waals surface area contributed by atoms with Gasteiger partial charge in [-0.3, -0.25) is 0 Å². The summed E-state index contributed by atoms with van der Waals surface area (Å²) >= 11 is 0. The summed E-state index contributed by atoms with van der Waals surface area (Å²) in [6, 6.07) is 0. The van der Waals surface area contributed by atoms with E-state index in [0.717, 1.165) is 5.54 Å². The van der Waals surface area contributed by atoms with Crippen molar-refractivity contribution >= 4 is 19.0 Å². The third kappa shape index (κ3) is 3.21. The Morgan fingerprint density at radius 2 is 1.67 bits per heavy atom. The van der Waals surface area contributed by atoms with Gasteiger partial charge in [-0.1, -0.05) is 33.9 Å². The van der Waals surface area contributed by atoms with E-state index in [-0.39, 0.29) is 8.80 Å². The van der Waals surface area contributed by atoms with Crippen LogP contribution < -0.4 is 0 Å². The minimum atomic E-state index is -0.355. The van der Waals surface area contributed by atoms with Crippen LogP contribution in [-0.4, -0.2) is 19.0 Å². The highest BCUT2D eigenvalue weighted by Gasteiger charge is 2.22. The second-order valence-electron chi connectivity index (χ2n) is 4.40. The predicted octanol–water partition coefficient (Wildman–Crippen LogP) is 1.43. The maximum atomic E-state index is 2.45. The van der Waals surface area contributed by atoms with E-state index in [4.69, 9.17) is 0 Å². The van der Waals surface area contributed by atoms with Crippen molar-refractivity contribution in [2.75, 3.05) is 0 Å². The van der Waals surface area contributed by atoms with E-state index >= 15 is 0 Å². The number of rotatable bonds is 2. The molecule has 0 saturated heterocycles. The first-order chi connectivity index (χ1) is 3.85. The molecule has 0 aliphatic rings. The van der Waals surface area contributed by atoms with Crippen molar-refractivity contribution in [3.63, 3.8) is 0 Å². The van der Waals surface area contributed by atoms with Crippen molar-refractivity contribution in [1.29, 1.82) is 0 Å². The zero-order valence-corrected chi connectivity index (χ0v) is 10.8. The van der Waals surface area contributed by atoms with Gasteiger partial charge in [0.05, 0.1) is 0 Å². The van der Waals surface area contributed by atoms with Crippen LogP contribution in [0.4, 0.5) is 0 Å². The largest absolute Gasteiger partial charge is 0.0720 e. The maximum Gasteiger partial charge on any atom is 0.0336 e. The Morgan fingerprint density at radius 3 is 1.67 bits per heavy atom. The molecule has 1 atom stereocenters. The van der Waals surface area contributed by atoms with Gasteiger partial charge in [0, 0.05) is 19.0 Å². The molecule has 0 amide bonds. The summed E-state index contributed by atoms with van der Waals surface area (Å²) in [5, 5.41) is 0.681. The van der Waals surface area contributed by atoms with Gasteiger partial charge in [0.15, 0.2) is 0 Å². The molecule has 0 bridgehead atoms. The summed E-state index contributed by atoms with van der Waals surface area (Å²) in [7, 11) is 0.990. The molecule has 0 aromatic carbocycles. The summed E-state index contributed by atoms with van der Waals surface area (Å²) < 4.78 is 0. The van der Waals surface area contributed by atoms with E-state index < -0.39 is 0 Å². The molecule has 0 aliphatic heterocycles. The summed E-state index contributed by atoms with van der Waals surface area (Å²) in [6.45, 7) is 12.1. The molecule has 0 nitrogen and oxygen atoms in total. The molecule has 0 heterocycles. The van der Waals surface area contributed by atoms with Gasteiger partial charge in [-0.05, 0) is 10.6 Å². The Balaban J connectivity index is 3.88. The predicted molar refractivity (Wildman–Crippen MR) is 52.3 cm³/mol. The van der Waals surface area contributed by atoms with Crippen LogP contribution in [0.3, 0.4) is 0 Å². The molecule has 0 saturated carbocycles. The highest BCUT2D eigenvalue weighted by atomic mass is 28.3. The van der Waals surface area contributed by atoms with Gasteiger partial charge < -0.3 is 0 Å². The molecule has 2 heteroatoms. The van der Waals surface area contributed by atoms with E-state index in [2.05, 4.69) is 33.9 Å². The molecular formula is C7H20Si2. The van der Waals surface area contributed by atoms with Gasteiger partial charge in [0.2, 0.25) is 0 Å². The van der Waals surface area contributed by atoms with Gasteiger partial charge >= 0.3 is 0 Å². The van der Waals surface area contributed by atoms with Crippen molar-refractivity contribution in [2.45, 2.75) is 44.4 Å². The summed E-state index contributed by atoms with van der Waals surface area (Å²) in [6.07, 6.45) is 0. The standard InChI is InChI=1S/C7H20Si2/c1-6(9(4)5)7(2,3)8/h6,9H,1-5,8H3. The van der Waals surface area contributed by atoms with Gasteiger partial charge in [0.1, 0.15) is 0 Å². The van der Waals surface area contributed by atoms with Crippen LogP contribution in [0.15, 0.2) is 0 Å². The highest BCUT2D eigenvalue weighted by Crippen LogP contribution is 2.36. The average Bonchev–Trinajstić information content (AvgIpc) is 1.62. The van der Waals surface area contributed by atoms with E-state index in [1.165, 1.54) is 10.2 Å². The molecule has 0 aromatic heterocycles. The molecule has 0 spiro atoms. The van der Waals surface area contributed by atoms with Crippen LogP contribution in [0.2, 0.25) is 23.7 Å². The second-order valence-corrected chi connectivity index (χ2v) is 10.5. The SMILES string of the molecule is CC([SiH](C)C)C(C)(C)[SiH3]. The van der Waals surface area contributed by atoms with Gasteiger partial charge in [-0.25, -0.2) is 0 Å². The average molecular weight is 160 g/mol. The molecule has 0 rings (SSSR count). The number of hydrogen-bond donors (Lipinski definition) is 0. The summed E-state index contributed by atoms with van der Waals surface area (Å²) in [5.41, 5.74) is 1.02. The molecule has 0 fully saturated rings. The third-order valence-corrected chi connectivity index (χ3v) is 6.94. The zero-order chi connectivity index (χ0) is 7.65. The van der Waals surface area contributed by atoms with Gasteiger partial charge in [0.25, 0.3) is 0 Å². The first-order valence-electron chi connectivity index (χ1n) is 3.85. The van der Waals surface area contributed by atoms with E-state index in [9.17, 15) is 0 Å². The molecule has 0 aromatic rings. The first-order valence-corrected chi connectivity index (χ1v) is 7.83.